The molecule has 1 amide bonds. The fourth-order valence-electron chi connectivity index (χ4n) is 4.78. The predicted molar refractivity (Wildman–Crippen MR) is 155 cm³/mol. The quantitative estimate of drug-likeness (QED) is 0.233. The fraction of sp³-hybridized carbons (Fsp3) is 0.281. The van der Waals surface area contributed by atoms with Crippen molar-refractivity contribution in [2.45, 2.75) is 51.8 Å². The maximum Gasteiger partial charge on any atom is 0.408 e. The molecule has 0 aliphatic carbocycles. The van der Waals surface area contributed by atoms with Gasteiger partial charge >= 0.3 is 6.09 Å². The molecule has 2 aromatic heterocycles. The number of carbonyl (C=O) groups is 1. The summed E-state index contributed by atoms with van der Waals surface area (Å²) in [6.45, 7) is 6.09. The summed E-state index contributed by atoms with van der Waals surface area (Å²) in [6.07, 6.45) is 2.61. The Morgan fingerprint density at radius 1 is 0.950 bits per heavy atom. The Hall–Kier alpha value is -4.59. The molecule has 2 N–H and O–H groups in total. The maximum atomic E-state index is 13.1. The second kappa shape index (κ2) is 11.7. The van der Waals surface area contributed by atoms with E-state index in [1.165, 1.54) is 0 Å². The van der Waals surface area contributed by atoms with Crippen molar-refractivity contribution in [3.8, 4) is 5.75 Å². The van der Waals surface area contributed by atoms with E-state index in [0.717, 1.165) is 39.2 Å². The van der Waals surface area contributed by atoms with Crippen LogP contribution in [0.4, 0.5) is 4.79 Å². The highest BCUT2D eigenvalue weighted by molar-refractivity contribution is 5.83. The second-order valence-corrected chi connectivity index (χ2v) is 10.8. The predicted octanol–water partition coefficient (Wildman–Crippen LogP) is 6.22. The minimum Gasteiger partial charge on any atom is -0.497 e. The molecule has 0 aliphatic rings. The Kier molecular flexibility index (Phi) is 7.86. The van der Waals surface area contributed by atoms with Crippen LogP contribution in [0.1, 0.15) is 55.2 Å². The molecule has 8 nitrogen and oxygen atoms in total. The van der Waals surface area contributed by atoms with Crippen LogP contribution in [0.25, 0.3) is 10.9 Å². The number of methoxy groups -OCH3 is 1. The highest BCUT2D eigenvalue weighted by Gasteiger charge is 2.27. The number of aromatic nitrogens is 4. The largest absolute Gasteiger partial charge is 0.497 e. The first-order valence-electron chi connectivity index (χ1n) is 13.4. The molecular formula is C32H35N5O3. The van der Waals surface area contributed by atoms with Crippen LogP contribution in [-0.2, 0) is 24.1 Å². The Bertz CT molecular complexity index is 1570. The second-order valence-electron chi connectivity index (χ2n) is 10.8. The normalized spacial score (nSPS) is 12.3. The van der Waals surface area contributed by atoms with Crippen molar-refractivity contribution < 1.29 is 14.3 Å². The van der Waals surface area contributed by atoms with Gasteiger partial charge in [-0.05, 0) is 55.7 Å². The van der Waals surface area contributed by atoms with Crippen molar-refractivity contribution in [1.29, 1.82) is 0 Å². The van der Waals surface area contributed by atoms with Gasteiger partial charge in [0.05, 0.1) is 19.7 Å². The number of H-pyrrole nitrogens is 1. The number of nitrogens with one attached hydrogen (secondary N) is 2. The molecule has 0 saturated heterocycles. The van der Waals surface area contributed by atoms with Crippen LogP contribution in [0, 0.1) is 0 Å². The van der Waals surface area contributed by atoms with E-state index in [2.05, 4.69) is 43.3 Å². The molecule has 0 saturated carbocycles. The Labute approximate surface area is 234 Å². The van der Waals surface area contributed by atoms with Crippen molar-refractivity contribution >= 4 is 17.0 Å². The SMILES string of the molecule is COc1ccc(Cn2c(Cc3ccccc3)nnc2[C@@H](Cc2c[nH]c3ccccc23)NC(=O)OC(C)(C)C)cc1. The van der Waals surface area contributed by atoms with E-state index in [0.29, 0.717) is 25.2 Å². The van der Waals surface area contributed by atoms with Gasteiger partial charge in [-0.15, -0.1) is 10.2 Å². The van der Waals surface area contributed by atoms with Crippen molar-refractivity contribution in [2.24, 2.45) is 0 Å². The average Bonchev–Trinajstić information content (AvgIpc) is 3.52. The van der Waals surface area contributed by atoms with E-state index in [4.69, 9.17) is 9.47 Å². The van der Waals surface area contributed by atoms with Crippen molar-refractivity contribution in [3.63, 3.8) is 0 Å². The van der Waals surface area contributed by atoms with Crippen LogP contribution in [-0.4, -0.2) is 38.6 Å². The van der Waals surface area contributed by atoms with Gasteiger partial charge in [0.25, 0.3) is 0 Å². The third-order valence-electron chi connectivity index (χ3n) is 6.66. The number of carbonyl (C=O) groups excluding carboxylic acids is 1. The summed E-state index contributed by atoms with van der Waals surface area (Å²) < 4.78 is 13.1. The first-order valence-corrected chi connectivity index (χ1v) is 13.4. The highest BCUT2D eigenvalue weighted by atomic mass is 16.6. The summed E-state index contributed by atoms with van der Waals surface area (Å²) >= 11 is 0. The molecule has 5 rings (SSSR count). The molecule has 0 spiro atoms. The zero-order chi connectivity index (χ0) is 28.1. The van der Waals surface area contributed by atoms with Crippen molar-refractivity contribution in [3.05, 3.63) is 113 Å². The zero-order valence-corrected chi connectivity index (χ0v) is 23.3. The number of hydrogen-bond donors (Lipinski definition) is 2. The Morgan fingerprint density at radius 2 is 1.68 bits per heavy atom. The van der Waals surface area contributed by atoms with Gasteiger partial charge in [-0.2, -0.15) is 0 Å². The van der Waals surface area contributed by atoms with Crippen LogP contribution in [0.15, 0.2) is 85.1 Å². The lowest BCUT2D eigenvalue weighted by atomic mass is 10.0. The van der Waals surface area contributed by atoms with Gasteiger partial charge < -0.3 is 24.3 Å². The Balaban J connectivity index is 1.55. The molecule has 1 atom stereocenters. The molecule has 8 heteroatoms. The Morgan fingerprint density at radius 3 is 2.40 bits per heavy atom. The number of fused-ring (bicyclic) bond motifs is 1. The third kappa shape index (κ3) is 6.51. The summed E-state index contributed by atoms with van der Waals surface area (Å²) in [5, 5.41) is 13.5. The molecule has 0 fully saturated rings. The number of alkyl carbamates (subject to hydrolysis) is 1. The summed E-state index contributed by atoms with van der Waals surface area (Å²) in [5.74, 6) is 2.27. The minimum absolute atomic E-state index is 0.482. The van der Waals surface area contributed by atoms with Crippen LogP contribution in [0.3, 0.4) is 0 Å². The van der Waals surface area contributed by atoms with Crippen LogP contribution in [0.5, 0.6) is 5.75 Å². The molecule has 0 bridgehead atoms. The lowest BCUT2D eigenvalue weighted by Gasteiger charge is -2.24. The number of rotatable bonds is 9. The summed E-state index contributed by atoms with van der Waals surface area (Å²) in [7, 11) is 1.66. The van der Waals surface area contributed by atoms with Gasteiger partial charge in [-0.1, -0.05) is 60.7 Å². The van der Waals surface area contributed by atoms with E-state index in [-0.39, 0.29) is 0 Å². The van der Waals surface area contributed by atoms with Crippen LogP contribution in [0.2, 0.25) is 0 Å². The van der Waals surface area contributed by atoms with Gasteiger partial charge in [0.15, 0.2) is 5.82 Å². The lowest BCUT2D eigenvalue weighted by molar-refractivity contribution is 0.0500. The number of para-hydroxylation sites is 1. The summed E-state index contributed by atoms with van der Waals surface area (Å²) in [6, 6.07) is 25.8. The topological polar surface area (TPSA) is 94.1 Å². The number of amides is 1. The average molecular weight is 538 g/mol. The summed E-state index contributed by atoms with van der Waals surface area (Å²) in [5.41, 5.74) is 3.67. The first-order chi connectivity index (χ1) is 19.3. The van der Waals surface area contributed by atoms with Gasteiger partial charge in [0.1, 0.15) is 17.2 Å². The van der Waals surface area contributed by atoms with Gasteiger partial charge in [-0.25, -0.2) is 4.79 Å². The van der Waals surface area contributed by atoms with Crippen LogP contribution < -0.4 is 10.1 Å². The number of nitrogens with zero attached hydrogens (tertiary/aromatic N) is 3. The molecule has 206 valence electrons. The molecular weight excluding hydrogens is 502 g/mol. The molecule has 0 aliphatic heterocycles. The third-order valence-corrected chi connectivity index (χ3v) is 6.66. The molecule has 3 aromatic carbocycles. The van der Waals surface area contributed by atoms with E-state index >= 15 is 0 Å². The first kappa shape index (κ1) is 27.0. The number of ether oxygens (including phenoxy) is 2. The number of benzene rings is 3. The van der Waals surface area contributed by atoms with Gasteiger partial charge in [-0.3, -0.25) is 0 Å². The highest BCUT2D eigenvalue weighted by Crippen LogP contribution is 2.26. The molecule has 0 unspecified atom stereocenters. The van der Waals surface area contributed by atoms with Crippen molar-refractivity contribution in [1.82, 2.24) is 25.1 Å². The maximum absolute atomic E-state index is 13.1. The lowest BCUT2D eigenvalue weighted by Crippen LogP contribution is -2.37. The molecule has 2 heterocycles. The molecule has 5 aromatic rings. The van der Waals surface area contributed by atoms with E-state index in [9.17, 15) is 4.79 Å². The van der Waals surface area contributed by atoms with E-state index in [1.807, 2.05) is 87.6 Å². The number of hydrogen-bond acceptors (Lipinski definition) is 5. The van der Waals surface area contributed by atoms with Crippen molar-refractivity contribution in [2.75, 3.05) is 7.11 Å². The molecule has 0 radical (unpaired) electrons. The zero-order valence-electron chi connectivity index (χ0n) is 23.3. The fourth-order valence-corrected chi connectivity index (χ4v) is 4.78. The smallest absolute Gasteiger partial charge is 0.408 e. The molecule has 40 heavy (non-hydrogen) atoms. The minimum atomic E-state index is -0.634. The van der Waals surface area contributed by atoms with Gasteiger partial charge in [0.2, 0.25) is 0 Å². The summed E-state index contributed by atoms with van der Waals surface area (Å²) in [4.78, 5) is 16.4. The standard InChI is InChI=1S/C32H35N5O3/c1-32(2,3)40-31(38)34-28(19-24-20-33-27-13-9-8-12-26(24)27)30-36-35-29(18-22-10-6-5-7-11-22)37(30)21-23-14-16-25(39-4)17-15-23/h5-17,20,28,33H,18-19,21H2,1-4H3,(H,34,38)/t28-/m1/s1. The van der Waals surface area contributed by atoms with E-state index in [1.54, 1.807) is 7.11 Å². The van der Waals surface area contributed by atoms with E-state index < -0.39 is 17.7 Å². The number of aromatic amines is 1. The monoisotopic (exact) mass is 537 g/mol. The van der Waals surface area contributed by atoms with Crippen LogP contribution >= 0.6 is 0 Å². The van der Waals surface area contributed by atoms with Gasteiger partial charge in [0, 0.05) is 29.9 Å².